The van der Waals surface area contributed by atoms with Crippen molar-refractivity contribution in [2.45, 2.75) is 13.3 Å². The Morgan fingerprint density at radius 2 is 2.35 bits per heavy atom. The number of nitrogens with one attached hydrogen (secondary N) is 2. The van der Waals surface area contributed by atoms with Gasteiger partial charge in [-0.15, -0.1) is 0 Å². The van der Waals surface area contributed by atoms with E-state index in [2.05, 4.69) is 22.4 Å². The van der Waals surface area contributed by atoms with Gasteiger partial charge in [0.25, 0.3) is 5.91 Å². The van der Waals surface area contributed by atoms with E-state index in [0.717, 1.165) is 23.0 Å². The number of rotatable bonds is 4. The number of hydrogen-bond acceptors (Lipinski definition) is 3. The van der Waals surface area contributed by atoms with Crippen LogP contribution in [-0.2, 0) is 11.2 Å². The zero-order valence-electron chi connectivity index (χ0n) is 9.91. The summed E-state index contributed by atoms with van der Waals surface area (Å²) in [6.45, 7) is 2.26. The monoisotopic (exact) mass is 233 g/mol. The minimum absolute atomic E-state index is 0.151. The molecule has 1 heterocycles. The highest BCUT2D eigenvalue weighted by atomic mass is 16.5. The van der Waals surface area contributed by atoms with Gasteiger partial charge in [0.05, 0.1) is 11.2 Å². The van der Waals surface area contributed by atoms with Gasteiger partial charge < -0.3 is 10.1 Å². The molecule has 0 aliphatic heterocycles. The summed E-state index contributed by atoms with van der Waals surface area (Å²) in [6, 6.07) is 5.51. The molecule has 0 aliphatic carbocycles. The quantitative estimate of drug-likeness (QED) is 0.786. The Labute approximate surface area is 99.2 Å². The number of aromatic amines is 1. The molecule has 17 heavy (non-hydrogen) atoms. The van der Waals surface area contributed by atoms with Crippen LogP contribution in [0, 0.1) is 0 Å². The van der Waals surface area contributed by atoms with Crippen LogP contribution in [0.2, 0.25) is 0 Å². The van der Waals surface area contributed by atoms with Crippen molar-refractivity contribution in [3.63, 3.8) is 0 Å². The average molecular weight is 233 g/mol. The summed E-state index contributed by atoms with van der Waals surface area (Å²) < 4.78 is 4.79. The van der Waals surface area contributed by atoms with Crippen LogP contribution in [0.1, 0.15) is 23.0 Å². The molecule has 0 bridgehead atoms. The second-order valence-corrected chi connectivity index (χ2v) is 3.72. The van der Waals surface area contributed by atoms with Crippen molar-refractivity contribution >= 4 is 16.8 Å². The summed E-state index contributed by atoms with van der Waals surface area (Å²) >= 11 is 0. The predicted molar refractivity (Wildman–Crippen MR) is 64.8 cm³/mol. The van der Waals surface area contributed by atoms with Crippen molar-refractivity contribution in [1.82, 2.24) is 15.5 Å². The number of amides is 1. The highest BCUT2D eigenvalue weighted by Gasteiger charge is 2.08. The van der Waals surface area contributed by atoms with Crippen LogP contribution in [0.4, 0.5) is 0 Å². The lowest BCUT2D eigenvalue weighted by atomic mass is 10.1. The molecule has 0 radical (unpaired) electrons. The molecule has 1 aromatic carbocycles. The fourth-order valence-corrected chi connectivity index (χ4v) is 1.73. The van der Waals surface area contributed by atoms with Gasteiger partial charge in [-0.05, 0) is 18.6 Å². The Hall–Kier alpha value is -1.88. The number of aryl methyl sites for hydroxylation is 1. The highest BCUT2D eigenvalue weighted by molar-refractivity contribution is 5.98. The standard InChI is InChI=1S/C12H15N3O2/c1-3-10-9-5-4-8(6-11(9)15-14-10)12(16)13-7-17-2/h4-6H,3,7H2,1-2H3,(H,13,16)(H,14,15). The maximum absolute atomic E-state index is 11.7. The van der Waals surface area contributed by atoms with E-state index < -0.39 is 0 Å². The third-order valence-electron chi connectivity index (χ3n) is 2.62. The first-order chi connectivity index (χ1) is 8.26. The number of methoxy groups -OCH3 is 1. The molecule has 1 aromatic heterocycles. The highest BCUT2D eigenvalue weighted by Crippen LogP contribution is 2.17. The summed E-state index contributed by atoms with van der Waals surface area (Å²) in [6.07, 6.45) is 0.870. The number of benzene rings is 1. The molecular formula is C12H15N3O2. The number of fused-ring (bicyclic) bond motifs is 1. The lowest BCUT2D eigenvalue weighted by Crippen LogP contribution is -2.25. The Bertz CT molecular complexity index is 534. The van der Waals surface area contributed by atoms with Crippen LogP contribution in [0.15, 0.2) is 18.2 Å². The predicted octanol–water partition coefficient (Wildman–Crippen LogP) is 1.46. The molecule has 0 fully saturated rings. The van der Waals surface area contributed by atoms with Gasteiger partial charge in [-0.25, -0.2) is 0 Å². The molecule has 0 atom stereocenters. The average Bonchev–Trinajstić information content (AvgIpc) is 2.77. The van der Waals surface area contributed by atoms with E-state index in [4.69, 9.17) is 4.74 Å². The van der Waals surface area contributed by atoms with Crippen LogP contribution in [-0.4, -0.2) is 29.9 Å². The molecule has 2 N–H and O–H groups in total. The zero-order chi connectivity index (χ0) is 12.3. The summed E-state index contributed by atoms with van der Waals surface area (Å²) in [5.41, 5.74) is 2.50. The molecule has 2 rings (SSSR count). The Morgan fingerprint density at radius 3 is 3.06 bits per heavy atom. The maximum atomic E-state index is 11.7. The van der Waals surface area contributed by atoms with E-state index in [1.807, 2.05) is 6.07 Å². The first kappa shape index (κ1) is 11.6. The van der Waals surface area contributed by atoms with E-state index in [9.17, 15) is 4.79 Å². The van der Waals surface area contributed by atoms with E-state index >= 15 is 0 Å². The maximum Gasteiger partial charge on any atom is 0.253 e. The van der Waals surface area contributed by atoms with Crippen molar-refractivity contribution in [2.75, 3.05) is 13.8 Å². The summed E-state index contributed by atoms with van der Waals surface area (Å²) in [5.74, 6) is -0.151. The van der Waals surface area contributed by atoms with Crippen LogP contribution in [0.25, 0.3) is 10.9 Å². The lowest BCUT2D eigenvalue weighted by molar-refractivity contribution is 0.0872. The minimum atomic E-state index is -0.151. The summed E-state index contributed by atoms with van der Waals surface area (Å²) in [7, 11) is 1.53. The Morgan fingerprint density at radius 1 is 1.53 bits per heavy atom. The zero-order valence-corrected chi connectivity index (χ0v) is 9.91. The second kappa shape index (κ2) is 4.97. The normalized spacial score (nSPS) is 10.7. The van der Waals surface area contributed by atoms with E-state index in [1.165, 1.54) is 7.11 Å². The van der Waals surface area contributed by atoms with E-state index in [0.29, 0.717) is 5.56 Å². The SMILES string of the molecule is CCc1n[nH]c2cc(C(=O)NCOC)ccc12. The van der Waals surface area contributed by atoms with E-state index in [-0.39, 0.29) is 12.6 Å². The first-order valence-electron chi connectivity index (χ1n) is 5.50. The van der Waals surface area contributed by atoms with Gasteiger partial charge in [-0.3, -0.25) is 9.89 Å². The number of ether oxygens (including phenoxy) is 1. The molecule has 90 valence electrons. The van der Waals surface area contributed by atoms with Gasteiger partial charge in [0.2, 0.25) is 0 Å². The molecule has 5 heteroatoms. The lowest BCUT2D eigenvalue weighted by Gasteiger charge is -2.03. The molecule has 0 saturated carbocycles. The number of nitrogens with zero attached hydrogens (tertiary/aromatic N) is 1. The minimum Gasteiger partial charge on any atom is -0.364 e. The molecule has 0 aliphatic rings. The van der Waals surface area contributed by atoms with Gasteiger partial charge in [0.1, 0.15) is 6.73 Å². The van der Waals surface area contributed by atoms with Crippen molar-refractivity contribution in [3.8, 4) is 0 Å². The van der Waals surface area contributed by atoms with Gasteiger partial charge in [-0.2, -0.15) is 5.10 Å². The number of carbonyl (C=O) groups is 1. The van der Waals surface area contributed by atoms with Gasteiger partial charge in [0.15, 0.2) is 0 Å². The smallest absolute Gasteiger partial charge is 0.253 e. The molecule has 2 aromatic rings. The molecular weight excluding hydrogens is 218 g/mol. The molecule has 1 amide bonds. The molecule has 0 saturated heterocycles. The van der Waals surface area contributed by atoms with Crippen molar-refractivity contribution in [2.24, 2.45) is 0 Å². The largest absolute Gasteiger partial charge is 0.364 e. The van der Waals surface area contributed by atoms with Gasteiger partial charge in [-0.1, -0.05) is 13.0 Å². The first-order valence-corrected chi connectivity index (χ1v) is 5.50. The Balaban J connectivity index is 2.29. The molecule has 0 unspecified atom stereocenters. The number of aromatic nitrogens is 2. The number of H-pyrrole nitrogens is 1. The van der Waals surface area contributed by atoms with Crippen LogP contribution in [0.5, 0.6) is 0 Å². The van der Waals surface area contributed by atoms with E-state index in [1.54, 1.807) is 12.1 Å². The third kappa shape index (κ3) is 2.29. The summed E-state index contributed by atoms with van der Waals surface area (Å²) in [4.78, 5) is 11.7. The fourth-order valence-electron chi connectivity index (χ4n) is 1.73. The van der Waals surface area contributed by atoms with Crippen molar-refractivity contribution in [3.05, 3.63) is 29.5 Å². The molecule has 5 nitrogen and oxygen atoms in total. The van der Waals surface area contributed by atoms with Crippen LogP contribution >= 0.6 is 0 Å². The molecule has 0 spiro atoms. The topological polar surface area (TPSA) is 67.0 Å². The number of hydrogen-bond donors (Lipinski definition) is 2. The van der Waals surface area contributed by atoms with Crippen LogP contribution < -0.4 is 5.32 Å². The van der Waals surface area contributed by atoms with Gasteiger partial charge >= 0.3 is 0 Å². The van der Waals surface area contributed by atoms with Crippen LogP contribution in [0.3, 0.4) is 0 Å². The number of carbonyl (C=O) groups excluding carboxylic acids is 1. The Kier molecular flexibility index (Phi) is 3.39. The third-order valence-corrected chi connectivity index (χ3v) is 2.62. The van der Waals surface area contributed by atoms with Crippen molar-refractivity contribution in [1.29, 1.82) is 0 Å². The van der Waals surface area contributed by atoms with Gasteiger partial charge in [0, 0.05) is 18.1 Å². The summed E-state index contributed by atoms with van der Waals surface area (Å²) in [5, 5.41) is 10.8. The van der Waals surface area contributed by atoms with Crippen molar-refractivity contribution < 1.29 is 9.53 Å². The fraction of sp³-hybridized carbons (Fsp3) is 0.333. The second-order valence-electron chi connectivity index (χ2n) is 3.72.